The molecular formula is C17H23NO2. The monoisotopic (exact) mass is 273 g/mol. The van der Waals surface area contributed by atoms with Crippen molar-refractivity contribution >= 4 is 0 Å². The number of hydrogen-bond donors (Lipinski definition) is 1. The fraction of sp³-hybridized carbons (Fsp3) is 0.588. The number of benzene rings is 1. The van der Waals surface area contributed by atoms with Crippen LogP contribution in [-0.4, -0.2) is 11.2 Å². The molecule has 1 fully saturated rings. The highest BCUT2D eigenvalue weighted by atomic mass is 16.5. The molecule has 1 aliphatic rings. The highest BCUT2D eigenvalue weighted by molar-refractivity contribution is 5.32. The van der Waals surface area contributed by atoms with Gasteiger partial charge in [0.2, 0.25) is 0 Å². The predicted molar refractivity (Wildman–Crippen MR) is 78.2 cm³/mol. The molecule has 0 heterocycles. The summed E-state index contributed by atoms with van der Waals surface area (Å²) in [6.45, 7) is 6.08. The summed E-state index contributed by atoms with van der Waals surface area (Å²) in [5.74, 6) is 1.25. The number of hydrogen-bond acceptors (Lipinski definition) is 3. The Morgan fingerprint density at radius 1 is 1.45 bits per heavy atom. The summed E-state index contributed by atoms with van der Waals surface area (Å²) in [5.41, 5.74) is 0.134. The quantitative estimate of drug-likeness (QED) is 0.906. The molecule has 0 aliphatic heterocycles. The summed E-state index contributed by atoms with van der Waals surface area (Å²) in [6, 6.07) is 9.86. The van der Waals surface area contributed by atoms with Crippen LogP contribution in [0.5, 0.6) is 5.75 Å². The Labute approximate surface area is 121 Å². The smallest absolute Gasteiger partial charge is 0.120 e. The number of nitrogens with zero attached hydrogens (tertiary/aromatic N) is 1. The third-order valence-electron chi connectivity index (χ3n) is 4.09. The van der Waals surface area contributed by atoms with Crippen LogP contribution in [0.3, 0.4) is 0 Å². The predicted octanol–water partition coefficient (Wildman–Crippen LogP) is 3.84. The Bertz CT molecular complexity index is 506. The number of nitriles is 1. The van der Waals surface area contributed by atoms with Gasteiger partial charge in [-0.1, -0.05) is 19.1 Å². The SMILES string of the molecule is CC1CCC(C#N)(C(O)c2cccc(OC(C)C)c2)C1. The molecule has 2 rings (SSSR count). The first-order valence-corrected chi connectivity index (χ1v) is 7.33. The Hall–Kier alpha value is -1.53. The molecule has 3 nitrogen and oxygen atoms in total. The van der Waals surface area contributed by atoms with Crippen molar-refractivity contribution in [2.45, 2.75) is 52.2 Å². The second kappa shape index (κ2) is 5.85. The van der Waals surface area contributed by atoms with Gasteiger partial charge in [-0.05, 0) is 56.7 Å². The molecule has 3 atom stereocenters. The van der Waals surface area contributed by atoms with E-state index in [1.54, 1.807) is 0 Å². The zero-order valence-corrected chi connectivity index (χ0v) is 12.5. The first kappa shape index (κ1) is 14.9. The third kappa shape index (κ3) is 2.96. The van der Waals surface area contributed by atoms with Crippen molar-refractivity contribution in [3.05, 3.63) is 29.8 Å². The van der Waals surface area contributed by atoms with Crippen molar-refractivity contribution in [1.82, 2.24) is 0 Å². The van der Waals surface area contributed by atoms with Gasteiger partial charge in [0.15, 0.2) is 0 Å². The average Bonchev–Trinajstić information content (AvgIpc) is 2.80. The van der Waals surface area contributed by atoms with Gasteiger partial charge in [0.05, 0.1) is 23.7 Å². The number of ether oxygens (including phenoxy) is 1. The molecule has 0 spiro atoms. The van der Waals surface area contributed by atoms with Gasteiger partial charge in [0, 0.05) is 0 Å². The highest BCUT2D eigenvalue weighted by Crippen LogP contribution is 2.49. The average molecular weight is 273 g/mol. The minimum absolute atomic E-state index is 0.0961. The van der Waals surface area contributed by atoms with E-state index >= 15 is 0 Å². The molecule has 3 heteroatoms. The second-order valence-corrected chi connectivity index (χ2v) is 6.26. The van der Waals surface area contributed by atoms with Crippen molar-refractivity contribution in [2.24, 2.45) is 11.3 Å². The first-order chi connectivity index (χ1) is 9.47. The van der Waals surface area contributed by atoms with Crippen molar-refractivity contribution in [2.75, 3.05) is 0 Å². The topological polar surface area (TPSA) is 53.2 Å². The maximum Gasteiger partial charge on any atom is 0.120 e. The van der Waals surface area contributed by atoms with Crippen LogP contribution in [0.4, 0.5) is 0 Å². The molecule has 20 heavy (non-hydrogen) atoms. The van der Waals surface area contributed by atoms with E-state index in [9.17, 15) is 10.4 Å². The fourth-order valence-electron chi connectivity index (χ4n) is 3.09. The largest absolute Gasteiger partial charge is 0.491 e. The van der Waals surface area contributed by atoms with Crippen molar-refractivity contribution in [1.29, 1.82) is 5.26 Å². The number of aliphatic hydroxyl groups excluding tert-OH is 1. The van der Waals surface area contributed by atoms with Crippen molar-refractivity contribution in [3.8, 4) is 11.8 Å². The molecule has 0 saturated heterocycles. The van der Waals surface area contributed by atoms with Crippen LogP contribution in [0.2, 0.25) is 0 Å². The molecule has 0 bridgehead atoms. The van der Waals surface area contributed by atoms with Gasteiger partial charge in [-0.15, -0.1) is 0 Å². The Morgan fingerprint density at radius 2 is 2.20 bits per heavy atom. The van der Waals surface area contributed by atoms with Crippen molar-refractivity contribution in [3.63, 3.8) is 0 Å². The first-order valence-electron chi connectivity index (χ1n) is 7.33. The lowest BCUT2D eigenvalue weighted by atomic mass is 9.78. The molecule has 0 amide bonds. The van der Waals surface area contributed by atoms with Gasteiger partial charge in [-0.25, -0.2) is 0 Å². The van der Waals surface area contributed by atoms with Crippen LogP contribution in [0.25, 0.3) is 0 Å². The lowest BCUT2D eigenvalue weighted by Crippen LogP contribution is -2.24. The van der Waals surface area contributed by atoms with Crippen LogP contribution >= 0.6 is 0 Å². The van der Waals surface area contributed by atoms with Gasteiger partial charge in [-0.2, -0.15) is 5.26 Å². The standard InChI is InChI=1S/C17H23NO2/c1-12(2)20-15-6-4-5-14(9-15)16(19)17(11-18)8-7-13(3)10-17/h4-6,9,12-13,16,19H,7-8,10H2,1-3H3. The third-order valence-corrected chi connectivity index (χ3v) is 4.09. The van der Waals surface area contributed by atoms with E-state index in [1.165, 1.54) is 0 Å². The number of aliphatic hydroxyl groups is 1. The van der Waals surface area contributed by atoms with Gasteiger partial charge < -0.3 is 9.84 Å². The molecule has 1 N–H and O–H groups in total. The van der Waals surface area contributed by atoms with E-state index in [2.05, 4.69) is 13.0 Å². The second-order valence-electron chi connectivity index (χ2n) is 6.26. The van der Waals surface area contributed by atoms with Gasteiger partial charge in [-0.3, -0.25) is 0 Å². The molecule has 1 saturated carbocycles. The molecular weight excluding hydrogens is 250 g/mol. The maximum atomic E-state index is 10.7. The normalized spacial score (nSPS) is 27.3. The summed E-state index contributed by atoms with van der Waals surface area (Å²) >= 11 is 0. The van der Waals surface area contributed by atoms with E-state index in [-0.39, 0.29) is 6.10 Å². The van der Waals surface area contributed by atoms with Crippen LogP contribution in [0, 0.1) is 22.7 Å². The summed E-state index contributed by atoms with van der Waals surface area (Å²) in [7, 11) is 0. The molecule has 3 unspecified atom stereocenters. The van der Waals surface area contributed by atoms with E-state index in [4.69, 9.17) is 4.74 Å². The van der Waals surface area contributed by atoms with Crippen molar-refractivity contribution < 1.29 is 9.84 Å². The Morgan fingerprint density at radius 3 is 2.75 bits per heavy atom. The minimum Gasteiger partial charge on any atom is -0.491 e. The van der Waals surface area contributed by atoms with E-state index < -0.39 is 11.5 Å². The molecule has 1 aromatic carbocycles. The lowest BCUT2D eigenvalue weighted by Gasteiger charge is -2.28. The summed E-state index contributed by atoms with van der Waals surface area (Å²) < 4.78 is 5.66. The highest BCUT2D eigenvalue weighted by Gasteiger charge is 2.44. The van der Waals surface area contributed by atoms with E-state index in [0.717, 1.165) is 30.6 Å². The summed E-state index contributed by atoms with van der Waals surface area (Å²) in [4.78, 5) is 0. The molecule has 1 aromatic rings. The maximum absolute atomic E-state index is 10.7. The molecule has 1 aliphatic carbocycles. The van der Waals surface area contributed by atoms with Crippen LogP contribution in [-0.2, 0) is 0 Å². The summed E-state index contributed by atoms with van der Waals surface area (Å²) in [6.07, 6.45) is 1.89. The molecule has 108 valence electrons. The van der Waals surface area contributed by atoms with E-state index in [0.29, 0.717) is 5.92 Å². The van der Waals surface area contributed by atoms with Crippen LogP contribution in [0.15, 0.2) is 24.3 Å². The summed E-state index contributed by atoms with van der Waals surface area (Å²) in [5, 5.41) is 20.2. The van der Waals surface area contributed by atoms with Gasteiger partial charge in [0.1, 0.15) is 5.75 Å². The molecule has 0 radical (unpaired) electrons. The Balaban J connectivity index is 2.24. The van der Waals surface area contributed by atoms with Gasteiger partial charge >= 0.3 is 0 Å². The van der Waals surface area contributed by atoms with Crippen LogP contribution < -0.4 is 4.74 Å². The fourth-order valence-corrected chi connectivity index (χ4v) is 3.09. The lowest BCUT2D eigenvalue weighted by molar-refractivity contribution is 0.0644. The molecule has 0 aromatic heterocycles. The minimum atomic E-state index is -0.742. The van der Waals surface area contributed by atoms with Gasteiger partial charge in [0.25, 0.3) is 0 Å². The van der Waals surface area contributed by atoms with Crippen LogP contribution in [0.1, 0.15) is 51.7 Å². The van der Waals surface area contributed by atoms with E-state index in [1.807, 2.05) is 38.1 Å². The zero-order chi connectivity index (χ0) is 14.8. The zero-order valence-electron chi connectivity index (χ0n) is 12.5. The Kier molecular flexibility index (Phi) is 4.35. The number of rotatable bonds is 4.